The van der Waals surface area contributed by atoms with E-state index in [4.69, 9.17) is 15.0 Å². The van der Waals surface area contributed by atoms with E-state index in [-0.39, 0.29) is 24.4 Å². The Morgan fingerprint density at radius 1 is 1.17 bits per heavy atom. The quantitative estimate of drug-likeness (QED) is 0.609. The molecule has 0 saturated heterocycles. The van der Waals surface area contributed by atoms with Gasteiger partial charge < -0.3 is 10.1 Å². The van der Waals surface area contributed by atoms with Gasteiger partial charge in [-0.05, 0) is 43.2 Å². The van der Waals surface area contributed by atoms with Gasteiger partial charge in [0.2, 0.25) is 0 Å². The van der Waals surface area contributed by atoms with Crippen molar-refractivity contribution < 1.29 is 14.3 Å². The molecule has 3 aromatic rings. The van der Waals surface area contributed by atoms with E-state index in [1.807, 2.05) is 30.3 Å². The summed E-state index contributed by atoms with van der Waals surface area (Å²) in [7, 11) is 0. The number of rotatable bonds is 5. The second-order valence-electron chi connectivity index (χ2n) is 7.37. The fourth-order valence-corrected chi connectivity index (χ4v) is 5.03. The number of aromatic nitrogens is 1. The zero-order valence-corrected chi connectivity index (χ0v) is 17.2. The molecule has 1 saturated carbocycles. The Morgan fingerprint density at radius 3 is 2.83 bits per heavy atom. The lowest BCUT2D eigenvalue weighted by molar-refractivity contribution is -0.153. The molecule has 0 aliphatic heterocycles. The summed E-state index contributed by atoms with van der Waals surface area (Å²) >= 11 is 1.63. The molecule has 0 radical (unpaired) electrons. The van der Waals surface area contributed by atoms with Gasteiger partial charge in [0.1, 0.15) is 0 Å². The summed E-state index contributed by atoms with van der Waals surface area (Å²) in [6.45, 7) is -0.349. The predicted octanol–water partition coefficient (Wildman–Crippen LogP) is 4.62. The minimum atomic E-state index is -0.425. The Balaban J connectivity index is 1.39. The summed E-state index contributed by atoms with van der Waals surface area (Å²) in [6, 6.07) is 16.6. The highest BCUT2D eigenvalue weighted by Gasteiger charge is 2.35. The normalized spacial score (nSPS) is 18.5. The summed E-state index contributed by atoms with van der Waals surface area (Å²) in [6.07, 6.45) is 3.66. The summed E-state index contributed by atoms with van der Waals surface area (Å²) in [5, 5.41) is 12.6. The summed E-state index contributed by atoms with van der Waals surface area (Å²) < 4.78 is 6.47. The molecular formula is C23H21N3O3S. The minimum absolute atomic E-state index is 0.0269. The molecule has 0 bridgehead atoms. The van der Waals surface area contributed by atoms with E-state index < -0.39 is 5.91 Å². The number of nitrogens with zero attached hydrogens (tertiary/aromatic N) is 2. The number of carbonyl (C=O) groups is 2. The van der Waals surface area contributed by atoms with E-state index in [1.165, 1.54) is 0 Å². The minimum Gasteiger partial charge on any atom is -0.455 e. The van der Waals surface area contributed by atoms with Crippen LogP contribution in [0.15, 0.2) is 48.5 Å². The number of hydrogen-bond acceptors (Lipinski definition) is 6. The molecule has 1 fully saturated rings. The number of carbonyl (C=O) groups excluding carboxylic acids is 2. The van der Waals surface area contributed by atoms with Gasteiger partial charge >= 0.3 is 5.97 Å². The number of thiazole rings is 1. The number of anilines is 1. The van der Waals surface area contributed by atoms with Crippen LogP contribution < -0.4 is 5.32 Å². The van der Waals surface area contributed by atoms with Crippen molar-refractivity contribution in [1.29, 1.82) is 5.26 Å². The van der Waals surface area contributed by atoms with Crippen molar-refractivity contribution in [2.24, 2.45) is 5.92 Å². The topological polar surface area (TPSA) is 92.1 Å². The van der Waals surface area contributed by atoms with Crippen LogP contribution in [0.5, 0.6) is 0 Å². The number of nitriles is 1. The summed E-state index contributed by atoms with van der Waals surface area (Å²) in [4.78, 5) is 29.7. The van der Waals surface area contributed by atoms with Crippen molar-refractivity contribution in [3.8, 4) is 6.07 Å². The molecule has 1 aliphatic carbocycles. The van der Waals surface area contributed by atoms with Gasteiger partial charge in [-0.25, -0.2) is 4.98 Å². The first kappa shape index (κ1) is 20.0. The second kappa shape index (κ2) is 9.06. The Morgan fingerprint density at radius 2 is 2.00 bits per heavy atom. The van der Waals surface area contributed by atoms with Gasteiger partial charge in [0.25, 0.3) is 5.91 Å². The maximum atomic E-state index is 12.8. The highest BCUT2D eigenvalue weighted by Crippen LogP contribution is 2.41. The third-order valence-electron chi connectivity index (χ3n) is 5.32. The molecule has 1 N–H and O–H groups in total. The number of fused-ring (bicyclic) bond motifs is 1. The number of ether oxygens (including phenoxy) is 1. The standard InChI is InChI=1S/C23H21N3O3S/c24-13-15-6-5-7-16(12-15)25-21(27)14-29-23(28)18-9-2-1-8-17(18)22-26-19-10-3-4-11-20(19)30-22/h3-7,10-12,17-18H,1-2,8-9,14H2,(H,25,27)/t17-,18-/m1/s1. The van der Waals surface area contributed by atoms with E-state index in [0.29, 0.717) is 11.3 Å². The summed E-state index contributed by atoms with van der Waals surface area (Å²) in [5.41, 5.74) is 1.90. The fraction of sp³-hybridized carbons (Fsp3) is 0.304. The molecule has 1 amide bonds. The third-order valence-corrected chi connectivity index (χ3v) is 6.49. The first-order valence-electron chi connectivity index (χ1n) is 9.96. The van der Waals surface area contributed by atoms with Gasteiger partial charge in [0, 0.05) is 11.6 Å². The van der Waals surface area contributed by atoms with Crippen LogP contribution in [-0.4, -0.2) is 23.5 Å². The molecule has 152 valence electrons. The predicted molar refractivity (Wildman–Crippen MR) is 115 cm³/mol. The first-order chi connectivity index (χ1) is 14.6. The number of esters is 1. The second-order valence-corrected chi connectivity index (χ2v) is 8.43. The summed E-state index contributed by atoms with van der Waals surface area (Å²) in [5.74, 6) is -1.03. The van der Waals surface area contributed by atoms with Crippen LogP contribution in [0.4, 0.5) is 5.69 Å². The van der Waals surface area contributed by atoms with Crippen molar-refractivity contribution in [2.75, 3.05) is 11.9 Å². The Bertz CT molecular complexity index is 1090. The van der Waals surface area contributed by atoms with Crippen LogP contribution in [0.25, 0.3) is 10.2 Å². The van der Waals surface area contributed by atoms with E-state index in [9.17, 15) is 9.59 Å². The molecule has 2 aromatic carbocycles. The smallest absolute Gasteiger partial charge is 0.310 e. The lowest BCUT2D eigenvalue weighted by Gasteiger charge is -2.28. The van der Waals surface area contributed by atoms with Gasteiger partial charge in [0.05, 0.1) is 32.8 Å². The van der Waals surface area contributed by atoms with Gasteiger partial charge in [-0.3, -0.25) is 9.59 Å². The number of benzene rings is 2. The van der Waals surface area contributed by atoms with E-state index in [2.05, 4.69) is 5.32 Å². The van der Waals surface area contributed by atoms with Crippen molar-refractivity contribution in [2.45, 2.75) is 31.6 Å². The lowest BCUT2D eigenvalue weighted by Crippen LogP contribution is -2.30. The van der Waals surface area contributed by atoms with E-state index in [0.717, 1.165) is 40.9 Å². The number of amides is 1. The zero-order valence-electron chi connectivity index (χ0n) is 16.3. The number of nitrogens with one attached hydrogen (secondary N) is 1. The molecule has 0 spiro atoms. The molecule has 0 unspecified atom stereocenters. The van der Waals surface area contributed by atoms with Crippen molar-refractivity contribution in [3.05, 3.63) is 59.1 Å². The Labute approximate surface area is 178 Å². The number of hydrogen-bond donors (Lipinski definition) is 1. The fourth-order valence-electron chi connectivity index (χ4n) is 3.86. The van der Waals surface area contributed by atoms with Crippen molar-refractivity contribution >= 4 is 39.1 Å². The van der Waals surface area contributed by atoms with Crippen LogP contribution in [-0.2, 0) is 14.3 Å². The van der Waals surface area contributed by atoms with Crippen LogP contribution in [0.1, 0.15) is 42.2 Å². The van der Waals surface area contributed by atoms with Crippen LogP contribution in [0.2, 0.25) is 0 Å². The van der Waals surface area contributed by atoms with E-state index >= 15 is 0 Å². The van der Waals surface area contributed by atoms with Gasteiger partial charge in [0.15, 0.2) is 6.61 Å². The van der Waals surface area contributed by atoms with Crippen molar-refractivity contribution in [3.63, 3.8) is 0 Å². The number of para-hydroxylation sites is 1. The highest BCUT2D eigenvalue weighted by atomic mass is 32.1. The first-order valence-corrected chi connectivity index (χ1v) is 10.8. The third kappa shape index (κ3) is 4.50. The molecule has 6 nitrogen and oxygen atoms in total. The largest absolute Gasteiger partial charge is 0.455 e. The molecule has 1 aliphatic rings. The average molecular weight is 420 g/mol. The molecular weight excluding hydrogens is 398 g/mol. The molecule has 30 heavy (non-hydrogen) atoms. The van der Waals surface area contributed by atoms with Crippen LogP contribution >= 0.6 is 11.3 Å². The van der Waals surface area contributed by atoms with Crippen LogP contribution in [0.3, 0.4) is 0 Å². The molecule has 4 rings (SSSR count). The van der Waals surface area contributed by atoms with Gasteiger partial charge in [-0.2, -0.15) is 5.26 Å². The Hall–Kier alpha value is -3.24. The monoisotopic (exact) mass is 419 g/mol. The molecule has 1 aromatic heterocycles. The molecule has 7 heteroatoms. The van der Waals surface area contributed by atoms with Gasteiger partial charge in [-0.1, -0.05) is 31.0 Å². The highest BCUT2D eigenvalue weighted by molar-refractivity contribution is 7.18. The maximum absolute atomic E-state index is 12.8. The molecule has 2 atom stereocenters. The SMILES string of the molecule is N#Cc1cccc(NC(=O)COC(=O)[C@@H]2CCCC[C@H]2c2nc3ccccc3s2)c1. The Kier molecular flexibility index (Phi) is 6.05. The van der Waals surface area contributed by atoms with Crippen LogP contribution in [0, 0.1) is 17.2 Å². The van der Waals surface area contributed by atoms with E-state index in [1.54, 1.807) is 35.6 Å². The maximum Gasteiger partial charge on any atom is 0.310 e. The lowest BCUT2D eigenvalue weighted by atomic mass is 9.79. The van der Waals surface area contributed by atoms with Gasteiger partial charge in [-0.15, -0.1) is 11.3 Å². The zero-order chi connectivity index (χ0) is 20.9. The average Bonchev–Trinajstić information content (AvgIpc) is 3.22. The van der Waals surface area contributed by atoms with Crippen molar-refractivity contribution in [1.82, 2.24) is 4.98 Å². The molecule has 1 heterocycles.